The summed E-state index contributed by atoms with van der Waals surface area (Å²) in [6.45, 7) is 7.45. The van der Waals surface area contributed by atoms with Crippen molar-refractivity contribution in [2.75, 3.05) is 13.1 Å². The highest BCUT2D eigenvalue weighted by molar-refractivity contribution is 5.96. The zero-order valence-corrected chi connectivity index (χ0v) is 13.0. The minimum atomic E-state index is -0.0329. The first-order valence-electron chi connectivity index (χ1n) is 7.89. The summed E-state index contributed by atoms with van der Waals surface area (Å²) >= 11 is 0. The van der Waals surface area contributed by atoms with Crippen molar-refractivity contribution in [2.24, 2.45) is 0 Å². The highest BCUT2D eigenvalue weighted by Gasteiger charge is 2.14. The molecule has 3 nitrogen and oxygen atoms in total. The molecule has 0 aliphatic heterocycles. The summed E-state index contributed by atoms with van der Waals surface area (Å²) in [6.07, 6.45) is 9.57. The van der Waals surface area contributed by atoms with Gasteiger partial charge in [0.05, 0.1) is 6.42 Å². The summed E-state index contributed by atoms with van der Waals surface area (Å²) < 4.78 is 0. The molecule has 3 heteroatoms. The number of carbonyl (C=O) groups is 2. The van der Waals surface area contributed by atoms with Gasteiger partial charge in [-0.15, -0.1) is 0 Å². The average molecular weight is 269 g/mol. The zero-order chi connectivity index (χ0) is 14.5. The number of Topliss-reactive ketones (excluding diaryl/α,β-unsaturated/α-hetero) is 1. The van der Waals surface area contributed by atoms with Crippen molar-refractivity contribution >= 4 is 11.7 Å². The smallest absolute Gasteiger partial charge is 0.230 e. The molecule has 0 atom stereocenters. The third-order valence-corrected chi connectivity index (χ3v) is 3.32. The van der Waals surface area contributed by atoms with Gasteiger partial charge in [0, 0.05) is 13.1 Å². The van der Waals surface area contributed by atoms with Gasteiger partial charge in [-0.1, -0.05) is 52.4 Å². The molecule has 0 spiro atoms. The van der Waals surface area contributed by atoms with Crippen molar-refractivity contribution < 1.29 is 9.59 Å². The standard InChI is InChI=1S/C16H31NO2/c1-4-6-8-9-10-11-13-17(12-7-5-2)16(19)14-15(3)18/h4-14H2,1-3H3. The third-order valence-electron chi connectivity index (χ3n) is 3.32. The Hall–Kier alpha value is -0.860. The second-order valence-corrected chi connectivity index (χ2v) is 5.38. The lowest BCUT2D eigenvalue weighted by molar-refractivity contribution is -0.135. The van der Waals surface area contributed by atoms with Gasteiger partial charge >= 0.3 is 0 Å². The molecular weight excluding hydrogens is 238 g/mol. The van der Waals surface area contributed by atoms with Crippen molar-refractivity contribution in [3.63, 3.8) is 0 Å². The summed E-state index contributed by atoms with van der Waals surface area (Å²) in [5, 5.41) is 0. The van der Waals surface area contributed by atoms with Gasteiger partial charge in [0.15, 0.2) is 0 Å². The highest BCUT2D eigenvalue weighted by Crippen LogP contribution is 2.07. The molecule has 0 aromatic heterocycles. The summed E-state index contributed by atoms with van der Waals surface area (Å²) in [4.78, 5) is 24.8. The van der Waals surface area contributed by atoms with Crippen LogP contribution in [0.3, 0.4) is 0 Å². The van der Waals surface area contributed by atoms with Gasteiger partial charge < -0.3 is 4.90 Å². The summed E-state index contributed by atoms with van der Waals surface area (Å²) in [7, 11) is 0. The van der Waals surface area contributed by atoms with Crippen molar-refractivity contribution in [3.8, 4) is 0 Å². The van der Waals surface area contributed by atoms with E-state index < -0.39 is 0 Å². The van der Waals surface area contributed by atoms with Crippen molar-refractivity contribution in [2.45, 2.75) is 78.6 Å². The predicted octanol–water partition coefficient (Wildman–Crippen LogP) is 3.95. The number of amides is 1. The second kappa shape index (κ2) is 12.2. The van der Waals surface area contributed by atoms with E-state index in [0.717, 1.165) is 32.4 Å². The number of nitrogens with zero attached hydrogens (tertiary/aromatic N) is 1. The molecule has 0 N–H and O–H groups in total. The maximum absolute atomic E-state index is 11.9. The summed E-state index contributed by atoms with van der Waals surface area (Å²) in [5.74, 6) is -0.0241. The molecule has 0 aromatic rings. The Kier molecular flexibility index (Phi) is 11.6. The van der Waals surface area contributed by atoms with Crippen LogP contribution >= 0.6 is 0 Å². The number of hydrogen-bond donors (Lipinski definition) is 0. The van der Waals surface area contributed by atoms with Crippen LogP contribution in [0.15, 0.2) is 0 Å². The van der Waals surface area contributed by atoms with Gasteiger partial charge in [-0.3, -0.25) is 9.59 Å². The maximum Gasteiger partial charge on any atom is 0.230 e. The molecule has 0 rings (SSSR count). The second-order valence-electron chi connectivity index (χ2n) is 5.38. The molecule has 0 heterocycles. The Balaban J connectivity index is 3.91. The molecule has 1 amide bonds. The minimum Gasteiger partial charge on any atom is -0.342 e. The fourth-order valence-electron chi connectivity index (χ4n) is 2.12. The first kappa shape index (κ1) is 18.1. The lowest BCUT2D eigenvalue weighted by atomic mass is 10.1. The molecule has 0 saturated carbocycles. The Morgan fingerprint density at radius 2 is 1.32 bits per heavy atom. The molecule has 0 fully saturated rings. The molecule has 19 heavy (non-hydrogen) atoms. The van der Waals surface area contributed by atoms with Gasteiger partial charge in [0.2, 0.25) is 5.91 Å². The molecule has 0 bridgehead atoms. The molecule has 0 aliphatic rings. The first-order chi connectivity index (χ1) is 9.11. The van der Waals surface area contributed by atoms with E-state index in [1.807, 2.05) is 4.90 Å². The Bertz CT molecular complexity index is 251. The fourth-order valence-corrected chi connectivity index (χ4v) is 2.12. The van der Waals surface area contributed by atoms with Crippen molar-refractivity contribution in [3.05, 3.63) is 0 Å². The number of carbonyl (C=O) groups excluding carboxylic acids is 2. The molecule has 0 saturated heterocycles. The van der Waals surface area contributed by atoms with Crippen LogP contribution in [0.2, 0.25) is 0 Å². The van der Waals surface area contributed by atoms with Crippen LogP contribution in [0.1, 0.15) is 78.6 Å². The lowest BCUT2D eigenvalue weighted by Gasteiger charge is -2.22. The van der Waals surface area contributed by atoms with E-state index in [2.05, 4.69) is 13.8 Å². The van der Waals surface area contributed by atoms with Gasteiger partial charge in [-0.05, 0) is 19.8 Å². The third kappa shape index (κ3) is 10.7. The maximum atomic E-state index is 11.9. The van der Waals surface area contributed by atoms with Crippen LogP contribution in [-0.4, -0.2) is 29.7 Å². The van der Waals surface area contributed by atoms with E-state index in [0.29, 0.717) is 0 Å². The number of rotatable bonds is 12. The van der Waals surface area contributed by atoms with Gasteiger partial charge in [-0.2, -0.15) is 0 Å². The number of unbranched alkanes of at least 4 members (excludes halogenated alkanes) is 6. The van der Waals surface area contributed by atoms with Crippen molar-refractivity contribution in [1.82, 2.24) is 4.90 Å². The summed E-state index contributed by atoms with van der Waals surface area (Å²) in [6, 6.07) is 0. The molecule has 0 aliphatic carbocycles. The van der Waals surface area contributed by atoms with Gasteiger partial charge in [0.1, 0.15) is 5.78 Å². The monoisotopic (exact) mass is 269 g/mol. The fraction of sp³-hybridized carbons (Fsp3) is 0.875. The van der Waals surface area contributed by atoms with E-state index in [-0.39, 0.29) is 18.1 Å². The van der Waals surface area contributed by atoms with Gasteiger partial charge in [0.25, 0.3) is 0 Å². The molecule has 0 unspecified atom stereocenters. The van der Waals surface area contributed by atoms with Crippen LogP contribution in [0.4, 0.5) is 0 Å². The van der Waals surface area contributed by atoms with E-state index in [1.54, 1.807) is 0 Å². The Morgan fingerprint density at radius 3 is 1.89 bits per heavy atom. The quantitative estimate of drug-likeness (QED) is 0.397. The Labute approximate surface area is 118 Å². The van der Waals surface area contributed by atoms with Crippen LogP contribution in [0.25, 0.3) is 0 Å². The van der Waals surface area contributed by atoms with Crippen molar-refractivity contribution in [1.29, 1.82) is 0 Å². The topological polar surface area (TPSA) is 37.4 Å². The molecule has 112 valence electrons. The number of hydrogen-bond acceptors (Lipinski definition) is 2. The molecule has 0 radical (unpaired) electrons. The van der Waals surface area contributed by atoms with Crippen LogP contribution < -0.4 is 0 Å². The molecular formula is C16H31NO2. The van der Waals surface area contributed by atoms with Crippen LogP contribution in [0, 0.1) is 0 Å². The predicted molar refractivity (Wildman–Crippen MR) is 80.2 cm³/mol. The first-order valence-corrected chi connectivity index (χ1v) is 7.89. The zero-order valence-electron chi connectivity index (χ0n) is 13.0. The van der Waals surface area contributed by atoms with E-state index in [4.69, 9.17) is 0 Å². The highest BCUT2D eigenvalue weighted by atomic mass is 16.2. The minimum absolute atomic E-state index is 0.00880. The number of ketones is 1. The average Bonchev–Trinajstić information content (AvgIpc) is 2.36. The van der Waals surface area contributed by atoms with Crippen LogP contribution in [-0.2, 0) is 9.59 Å². The van der Waals surface area contributed by atoms with E-state index in [9.17, 15) is 9.59 Å². The molecule has 0 aromatic carbocycles. The van der Waals surface area contributed by atoms with E-state index >= 15 is 0 Å². The summed E-state index contributed by atoms with van der Waals surface area (Å²) in [5.41, 5.74) is 0. The van der Waals surface area contributed by atoms with E-state index in [1.165, 1.54) is 39.0 Å². The Morgan fingerprint density at radius 1 is 0.789 bits per heavy atom. The normalized spacial score (nSPS) is 10.5. The largest absolute Gasteiger partial charge is 0.342 e. The SMILES string of the molecule is CCCCCCCCN(CCCC)C(=O)CC(C)=O. The van der Waals surface area contributed by atoms with Crippen LogP contribution in [0.5, 0.6) is 0 Å². The van der Waals surface area contributed by atoms with Gasteiger partial charge in [-0.25, -0.2) is 0 Å². The lowest BCUT2D eigenvalue weighted by Crippen LogP contribution is -2.33.